The van der Waals surface area contributed by atoms with Crippen molar-refractivity contribution in [1.82, 2.24) is 0 Å². The molecule has 2 heteroatoms. The fraction of sp³-hybridized carbons (Fsp3) is 0.0833. The summed E-state index contributed by atoms with van der Waals surface area (Å²) in [6, 6.07) is 5.91. The molecule has 0 bridgehead atoms. The highest BCUT2D eigenvalue weighted by Crippen LogP contribution is 2.23. The van der Waals surface area contributed by atoms with Crippen molar-refractivity contribution < 1.29 is 9.90 Å². The Morgan fingerprint density at radius 3 is 3.07 bits per heavy atom. The molecule has 0 heterocycles. The third-order valence-electron chi connectivity index (χ3n) is 2.27. The molecular formula is C12H10O2. The molecule has 0 unspecified atom stereocenters. The summed E-state index contributed by atoms with van der Waals surface area (Å²) in [5.41, 5.74) is 3.40. The first-order valence-electron chi connectivity index (χ1n) is 4.47. The Bertz CT molecular complexity index is 428. The van der Waals surface area contributed by atoms with Gasteiger partial charge in [0.25, 0.3) is 0 Å². The van der Waals surface area contributed by atoms with Gasteiger partial charge in [0.05, 0.1) is 0 Å². The Kier molecular flexibility index (Phi) is 2.19. The van der Waals surface area contributed by atoms with Crippen LogP contribution >= 0.6 is 0 Å². The van der Waals surface area contributed by atoms with Gasteiger partial charge in [0.2, 0.25) is 0 Å². The van der Waals surface area contributed by atoms with E-state index in [2.05, 4.69) is 12.2 Å². The summed E-state index contributed by atoms with van der Waals surface area (Å²) >= 11 is 0. The van der Waals surface area contributed by atoms with Gasteiger partial charge in [-0.15, -0.1) is 0 Å². The molecular weight excluding hydrogens is 176 g/mol. The zero-order valence-electron chi connectivity index (χ0n) is 7.60. The maximum absolute atomic E-state index is 10.4. The summed E-state index contributed by atoms with van der Waals surface area (Å²) < 4.78 is 0. The average Bonchev–Trinajstić information content (AvgIpc) is 2.62. The Hall–Kier alpha value is -1.83. The maximum Gasteiger partial charge on any atom is 0.328 e. The molecule has 1 aliphatic rings. The van der Waals surface area contributed by atoms with E-state index in [0.717, 1.165) is 12.0 Å². The first-order chi connectivity index (χ1) is 6.77. The van der Waals surface area contributed by atoms with Crippen LogP contribution in [-0.4, -0.2) is 11.1 Å². The van der Waals surface area contributed by atoms with Gasteiger partial charge < -0.3 is 5.11 Å². The van der Waals surface area contributed by atoms with Crippen molar-refractivity contribution in [3.8, 4) is 0 Å². The molecule has 1 aromatic rings. The van der Waals surface area contributed by atoms with Crippen molar-refractivity contribution in [2.24, 2.45) is 0 Å². The highest BCUT2D eigenvalue weighted by molar-refractivity contribution is 5.86. The van der Waals surface area contributed by atoms with Crippen LogP contribution < -0.4 is 0 Å². The Labute approximate surface area is 82.2 Å². The Morgan fingerprint density at radius 2 is 2.29 bits per heavy atom. The monoisotopic (exact) mass is 186 g/mol. The predicted octanol–water partition coefficient (Wildman–Crippen LogP) is 2.35. The minimum Gasteiger partial charge on any atom is -0.478 e. The lowest BCUT2D eigenvalue weighted by Crippen LogP contribution is -1.89. The van der Waals surface area contributed by atoms with Gasteiger partial charge in [-0.3, -0.25) is 0 Å². The van der Waals surface area contributed by atoms with Gasteiger partial charge >= 0.3 is 5.97 Å². The molecule has 0 atom stereocenters. The quantitative estimate of drug-likeness (QED) is 0.720. The van der Waals surface area contributed by atoms with E-state index in [1.165, 1.54) is 17.2 Å². The maximum atomic E-state index is 10.4. The number of carboxylic acids is 1. The van der Waals surface area contributed by atoms with Crippen molar-refractivity contribution in [2.75, 3.05) is 0 Å². The molecule has 0 saturated heterocycles. The molecule has 0 saturated carbocycles. The molecule has 14 heavy (non-hydrogen) atoms. The molecule has 0 spiro atoms. The minimum atomic E-state index is -0.909. The van der Waals surface area contributed by atoms with Gasteiger partial charge in [-0.2, -0.15) is 0 Å². The number of fused-ring (bicyclic) bond motifs is 1. The van der Waals surface area contributed by atoms with Crippen molar-refractivity contribution in [2.45, 2.75) is 6.42 Å². The van der Waals surface area contributed by atoms with Crippen molar-refractivity contribution in [1.29, 1.82) is 0 Å². The molecule has 1 aromatic carbocycles. The van der Waals surface area contributed by atoms with Gasteiger partial charge in [-0.05, 0) is 29.2 Å². The molecule has 0 fully saturated rings. The number of aliphatic carboxylic acids is 1. The topological polar surface area (TPSA) is 37.3 Å². The number of benzene rings is 1. The van der Waals surface area contributed by atoms with Crippen LogP contribution in [-0.2, 0) is 11.2 Å². The van der Waals surface area contributed by atoms with E-state index >= 15 is 0 Å². The summed E-state index contributed by atoms with van der Waals surface area (Å²) in [6.45, 7) is 0. The van der Waals surface area contributed by atoms with Crippen LogP contribution in [0.25, 0.3) is 12.2 Å². The van der Waals surface area contributed by atoms with Gasteiger partial charge in [0.15, 0.2) is 0 Å². The fourth-order valence-corrected chi connectivity index (χ4v) is 1.64. The highest BCUT2D eigenvalue weighted by atomic mass is 16.4. The third kappa shape index (κ3) is 1.59. The smallest absolute Gasteiger partial charge is 0.328 e. The second kappa shape index (κ2) is 3.50. The number of allylic oxidation sites excluding steroid dienone is 1. The van der Waals surface area contributed by atoms with Crippen molar-refractivity contribution in [3.63, 3.8) is 0 Å². The number of carboxylic acid groups (broad SMARTS) is 1. The SMILES string of the molecule is O=C(O)C=Cc1cccc2c1CC=C2. The standard InChI is InChI=1S/C12H10O2/c13-12(14)8-7-10-4-1-3-9-5-2-6-11(9)10/h1-5,7-8H,6H2,(H,13,14). The zero-order valence-corrected chi connectivity index (χ0v) is 7.60. The normalized spacial score (nSPS) is 13.4. The van der Waals surface area contributed by atoms with E-state index in [9.17, 15) is 4.79 Å². The average molecular weight is 186 g/mol. The summed E-state index contributed by atoms with van der Waals surface area (Å²) in [5, 5.41) is 8.52. The largest absolute Gasteiger partial charge is 0.478 e. The molecule has 0 aliphatic heterocycles. The number of carbonyl (C=O) groups is 1. The molecule has 2 nitrogen and oxygen atoms in total. The first-order valence-corrected chi connectivity index (χ1v) is 4.47. The van der Waals surface area contributed by atoms with E-state index in [-0.39, 0.29) is 0 Å². The van der Waals surface area contributed by atoms with Crippen LogP contribution in [0.5, 0.6) is 0 Å². The summed E-state index contributed by atoms with van der Waals surface area (Å²) in [5.74, 6) is -0.909. The number of rotatable bonds is 2. The lowest BCUT2D eigenvalue weighted by molar-refractivity contribution is -0.131. The van der Waals surface area contributed by atoms with Crippen LogP contribution in [0.2, 0.25) is 0 Å². The van der Waals surface area contributed by atoms with Gasteiger partial charge in [0.1, 0.15) is 0 Å². The highest BCUT2D eigenvalue weighted by Gasteiger charge is 2.07. The lowest BCUT2D eigenvalue weighted by Gasteiger charge is -2.02. The molecule has 70 valence electrons. The van der Waals surface area contributed by atoms with Gasteiger partial charge in [0, 0.05) is 6.08 Å². The van der Waals surface area contributed by atoms with Crippen molar-refractivity contribution >= 4 is 18.1 Å². The van der Waals surface area contributed by atoms with E-state index < -0.39 is 5.97 Å². The lowest BCUT2D eigenvalue weighted by atomic mass is 10.0. The van der Waals surface area contributed by atoms with Crippen LogP contribution in [0.3, 0.4) is 0 Å². The van der Waals surface area contributed by atoms with E-state index in [0.29, 0.717) is 0 Å². The summed E-state index contributed by atoms with van der Waals surface area (Å²) in [7, 11) is 0. The minimum absolute atomic E-state index is 0.898. The first kappa shape index (κ1) is 8.75. The molecule has 0 radical (unpaired) electrons. The molecule has 1 N–H and O–H groups in total. The van der Waals surface area contributed by atoms with E-state index in [4.69, 9.17) is 5.11 Å². The predicted molar refractivity (Wildman–Crippen MR) is 55.8 cm³/mol. The van der Waals surface area contributed by atoms with Gasteiger partial charge in [-0.1, -0.05) is 30.4 Å². The molecule has 1 aliphatic carbocycles. The molecule has 0 amide bonds. The third-order valence-corrected chi connectivity index (χ3v) is 2.27. The molecule has 2 rings (SSSR count). The van der Waals surface area contributed by atoms with Crippen molar-refractivity contribution in [3.05, 3.63) is 47.0 Å². The second-order valence-corrected chi connectivity index (χ2v) is 3.19. The fourth-order valence-electron chi connectivity index (χ4n) is 1.64. The summed E-state index contributed by atoms with van der Waals surface area (Å²) in [6.07, 6.45) is 7.87. The Balaban J connectivity index is 2.37. The van der Waals surface area contributed by atoms with E-state index in [1.54, 1.807) is 6.08 Å². The number of hydrogen-bond donors (Lipinski definition) is 1. The van der Waals surface area contributed by atoms with Crippen LogP contribution in [0, 0.1) is 0 Å². The van der Waals surface area contributed by atoms with Gasteiger partial charge in [-0.25, -0.2) is 4.79 Å². The second-order valence-electron chi connectivity index (χ2n) is 3.19. The van der Waals surface area contributed by atoms with Crippen LogP contribution in [0.4, 0.5) is 0 Å². The Morgan fingerprint density at radius 1 is 1.43 bits per heavy atom. The van der Waals surface area contributed by atoms with Crippen LogP contribution in [0.15, 0.2) is 30.4 Å². The van der Waals surface area contributed by atoms with Crippen LogP contribution in [0.1, 0.15) is 16.7 Å². The van der Waals surface area contributed by atoms with E-state index in [1.807, 2.05) is 18.2 Å². The molecule has 0 aromatic heterocycles. The number of hydrogen-bond acceptors (Lipinski definition) is 1. The zero-order chi connectivity index (χ0) is 9.97. The summed E-state index contributed by atoms with van der Waals surface area (Å²) in [4.78, 5) is 10.4.